The Labute approximate surface area is 168 Å². The summed E-state index contributed by atoms with van der Waals surface area (Å²) in [6.45, 7) is 3.51. The van der Waals surface area contributed by atoms with E-state index in [2.05, 4.69) is 15.6 Å². The summed E-state index contributed by atoms with van der Waals surface area (Å²) in [7, 11) is 0. The Hall–Kier alpha value is -3.74. The predicted molar refractivity (Wildman–Crippen MR) is 111 cm³/mol. The van der Waals surface area contributed by atoms with Gasteiger partial charge in [0.2, 0.25) is 0 Å². The van der Waals surface area contributed by atoms with Gasteiger partial charge in [-0.05, 0) is 43.3 Å². The molecule has 1 aromatic heterocycles. The van der Waals surface area contributed by atoms with Gasteiger partial charge in [-0.1, -0.05) is 12.1 Å². The molecule has 1 amide bonds. The fourth-order valence-electron chi connectivity index (χ4n) is 2.95. The molecule has 2 heterocycles. The van der Waals surface area contributed by atoms with Crippen molar-refractivity contribution in [2.75, 3.05) is 30.5 Å². The van der Waals surface area contributed by atoms with E-state index in [1.165, 1.54) is 0 Å². The Bertz CT molecular complexity index is 1020. The zero-order chi connectivity index (χ0) is 20.1. The normalized spacial score (nSPS) is 12.2. The number of pyridine rings is 1. The van der Waals surface area contributed by atoms with Crippen LogP contribution in [-0.2, 0) is 0 Å². The van der Waals surface area contributed by atoms with Crippen LogP contribution in [0, 0.1) is 0 Å². The molecule has 1 aliphatic rings. The van der Waals surface area contributed by atoms with Crippen LogP contribution in [0.4, 0.5) is 17.2 Å². The topological polar surface area (TPSA) is 81.7 Å². The van der Waals surface area contributed by atoms with E-state index in [9.17, 15) is 4.79 Å². The first-order valence-electron chi connectivity index (χ1n) is 9.39. The number of benzene rings is 2. The van der Waals surface area contributed by atoms with Crippen molar-refractivity contribution < 1.29 is 19.0 Å². The molecule has 148 valence electrons. The molecule has 0 saturated heterocycles. The number of nitrogens with zero attached hydrogens (tertiary/aromatic N) is 1. The second-order valence-electron chi connectivity index (χ2n) is 6.30. The van der Waals surface area contributed by atoms with Crippen molar-refractivity contribution >= 4 is 23.1 Å². The van der Waals surface area contributed by atoms with Crippen molar-refractivity contribution in [2.45, 2.75) is 6.92 Å². The van der Waals surface area contributed by atoms with Crippen LogP contribution < -0.4 is 24.8 Å². The van der Waals surface area contributed by atoms with E-state index >= 15 is 0 Å². The minimum Gasteiger partial charge on any atom is -0.492 e. The number of aromatic nitrogens is 1. The summed E-state index contributed by atoms with van der Waals surface area (Å²) in [4.78, 5) is 17.0. The highest BCUT2D eigenvalue weighted by Gasteiger charge is 2.14. The molecule has 0 atom stereocenters. The molecule has 2 N–H and O–H groups in total. The van der Waals surface area contributed by atoms with Gasteiger partial charge in [0.05, 0.1) is 12.3 Å². The number of carbonyl (C=O) groups excluding carboxylic acids is 1. The van der Waals surface area contributed by atoms with E-state index in [1.807, 2.05) is 31.2 Å². The highest BCUT2D eigenvalue weighted by Crippen LogP contribution is 2.33. The number of para-hydroxylation sites is 2. The van der Waals surface area contributed by atoms with E-state index in [1.54, 1.807) is 36.5 Å². The molecule has 29 heavy (non-hydrogen) atoms. The van der Waals surface area contributed by atoms with Gasteiger partial charge in [-0.25, -0.2) is 4.98 Å². The number of ether oxygens (including phenoxy) is 3. The summed E-state index contributed by atoms with van der Waals surface area (Å²) in [6, 6.07) is 16.3. The molecular formula is C22H21N3O4. The number of hydrogen-bond donors (Lipinski definition) is 2. The van der Waals surface area contributed by atoms with E-state index in [0.29, 0.717) is 48.4 Å². The Morgan fingerprint density at radius 1 is 1.07 bits per heavy atom. The van der Waals surface area contributed by atoms with Crippen LogP contribution in [0.1, 0.15) is 17.3 Å². The third-order valence-electron chi connectivity index (χ3n) is 4.27. The maximum Gasteiger partial charge on any atom is 0.255 e. The average Bonchev–Trinajstić information content (AvgIpc) is 2.75. The van der Waals surface area contributed by atoms with Gasteiger partial charge in [-0.3, -0.25) is 4.79 Å². The van der Waals surface area contributed by atoms with Crippen LogP contribution in [-0.4, -0.2) is 30.7 Å². The monoisotopic (exact) mass is 391 g/mol. The standard InChI is InChI=1S/C22H21N3O4/c1-2-27-18-6-4-3-5-17(18)25-21-13-15(9-10-23-21)22(26)24-16-7-8-19-20(14-16)29-12-11-28-19/h3-10,13-14H,2,11-12H2,1H3,(H,23,25)(H,24,26). The Morgan fingerprint density at radius 3 is 2.76 bits per heavy atom. The van der Waals surface area contributed by atoms with Crippen LogP contribution in [0.3, 0.4) is 0 Å². The lowest BCUT2D eigenvalue weighted by Crippen LogP contribution is -2.16. The molecule has 7 nitrogen and oxygen atoms in total. The molecule has 0 saturated carbocycles. The number of fused-ring (bicyclic) bond motifs is 1. The minimum absolute atomic E-state index is 0.245. The van der Waals surface area contributed by atoms with Gasteiger partial charge in [0.25, 0.3) is 5.91 Å². The number of carbonyl (C=O) groups is 1. The lowest BCUT2D eigenvalue weighted by Gasteiger charge is -2.19. The maximum atomic E-state index is 12.7. The zero-order valence-electron chi connectivity index (χ0n) is 16.0. The second-order valence-corrected chi connectivity index (χ2v) is 6.30. The molecule has 0 bridgehead atoms. The number of rotatable bonds is 6. The molecule has 2 aromatic carbocycles. The predicted octanol–water partition coefficient (Wildman–Crippen LogP) is 4.25. The van der Waals surface area contributed by atoms with Gasteiger partial charge >= 0.3 is 0 Å². The summed E-state index contributed by atoms with van der Waals surface area (Å²) in [5.41, 5.74) is 1.89. The van der Waals surface area contributed by atoms with E-state index in [-0.39, 0.29) is 5.91 Å². The van der Waals surface area contributed by atoms with Gasteiger partial charge in [0.1, 0.15) is 24.8 Å². The van der Waals surface area contributed by atoms with Gasteiger partial charge in [0.15, 0.2) is 11.5 Å². The Morgan fingerprint density at radius 2 is 1.90 bits per heavy atom. The fourth-order valence-corrected chi connectivity index (χ4v) is 2.95. The van der Waals surface area contributed by atoms with Crippen molar-refractivity contribution in [2.24, 2.45) is 0 Å². The van der Waals surface area contributed by atoms with E-state index < -0.39 is 0 Å². The van der Waals surface area contributed by atoms with Crippen LogP contribution >= 0.6 is 0 Å². The minimum atomic E-state index is -0.245. The average molecular weight is 391 g/mol. The highest BCUT2D eigenvalue weighted by molar-refractivity contribution is 6.04. The van der Waals surface area contributed by atoms with Crippen molar-refractivity contribution in [3.63, 3.8) is 0 Å². The number of nitrogens with one attached hydrogen (secondary N) is 2. The molecule has 0 fully saturated rings. The molecule has 0 radical (unpaired) electrons. The summed E-state index contributed by atoms with van der Waals surface area (Å²) < 4.78 is 16.7. The molecule has 0 unspecified atom stereocenters. The summed E-state index contributed by atoms with van der Waals surface area (Å²) in [5, 5.41) is 6.08. The number of amides is 1. The molecule has 3 aromatic rings. The fraction of sp³-hybridized carbons (Fsp3) is 0.182. The molecule has 0 aliphatic carbocycles. The van der Waals surface area contributed by atoms with Gasteiger partial charge in [-0.15, -0.1) is 0 Å². The SMILES string of the molecule is CCOc1ccccc1Nc1cc(C(=O)Nc2ccc3c(c2)OCCO3)ccn1. The first kappa shape index (κ1) is 18.6. The second kappa shape index (κ2) is 8.52. The van der Waals surface area contributed by atoms with Crippen LogP contribution in [0.2, 0.25) is 0 Å². The van der Waals surface area contributed by atoms with E-state index in [0.717, 1.165) is 11.4 Å². The molecule has 0 spiro atoms. The lowest BCUT2D eigenvalue weighted by atomic mass is 10.2. The number of hydrogen-bond acceptors (Lipinski definition) is 6. The van der Waals surface area contributed by atoms with Gasteiger partial charge in [-0.2, -0.15) is 0 Å². The molecule has 1 aliphatic heterocycles. The third kappa shape index (κ3) is 4.40. The first-order valence-corrected chi connectivity index (χ1v) is 9.39. The van der Waals surface area contributed by atoms with Crippen molar-refractivity contribution in [3.05, 3.63) is 66.4 Å². The maximum absolute atomic E-state index is 12.7. The van der Waals surface area contributed by atoms with Crippen LogP contribution in [0.25, 0.3) is 0 Å². The summed E-state index contributed by atoms with van der Waals surface area (Å²) >= 11 is 0. The quantitative estimate of drug-likeness (QED) is 0.654. The van der Waals surface area contributed by atoms with E-state index in [4.69, 9.17) is 14.2 Å². The highest BCUT2D eigenvalue weighted by atomic mass is 16.6. The van der Waals surface area contributed by atoms with Gasteiger partial charge < -0.3 is 24.8 Å². The van der Waals surface area contributed by atoms with Gasteiger partial charge in [0, 0.05) is 23.5 Å². The summed E-state index contributed by atoms with van der Waals surface area (Å²) in [6.07, 6.45) is 1.59. The van der Waals surface area contributed by atoms with Crippen molar-refractivity contribution in [3.8, 4) is 17.2 Å². The summed E-state index contributed by atoms with van der Waals surface area (Å²) in [5.74, 6) is 2.33. The zero-order valence-corrected chi connectivity index (χ0v) is 16.0. The first-order chi connectivity index (χ1) is 14.2. The van der Waals surface area contributed by atoms with Crippen LogP contribution in [0.15, 0.2) is 60.8 Å². The Balaban J connectivity index is 1.49. The smallest absolute Gasteiger partial charge is 0.255 e. The van der Waals surface area contributed by atoms with Crippen molar-refractivity contribution in [1.29, 1.82) is 0 Å². The largest absolute Gasteiger partial charge is 0.492 e. The van der Waals surface area contributed by atoms with Crippen molar-refractivity contribution in [1.82, 2.24) is 4.98 Å². The molecule has 7 heteroatoms. The molecular weight excluding hydrogens is 370 g/mol. The molecule has 4 rings (SSSR count). The Kier molecular flexibility index (Phi) is 5.47. The number of anilines is 3. The lowest BCUT2D eigenvalue weighted by molar-refractivity contribution is 0.102. The van der Waals surface area contributed by atoms with Crippen LogP contribution in [0.5, 0.6) is 17.2 Å². The third-order valence-corrected chi connectivity index (χ3v) is 4.27.